The second kappa shape index (κ2) is 88.4. The van der Waals surface area contributed by atoms with Crippen LogP contribution in [0.2, 0.25) is 0 Å². The Kier molecular flexibility index (Phi) is 86.9. The molecule has 0 spiro atoms. The molecule has 684 valence electrons. The highest BCUT2D eigenvalue weighted by atomic mass is 31.2. The van der Waals surface area contributed by atoms with Crippen LogP contribution in [0.3, 0.4) is 0 Å². The lowest BCUT2D eigenvalue weighted by atomic mass is 9.99. The molecule has 3 unspecified atom stereocenters. The summed E-state index contributed by atoms with van der Waals surface area (Å²) in [6, 6.07) is 0. The number of phosphoric acid groups is 2. The zero-order chi connectivity index (χ0) is 84.0. The summed E-state index contributed by atoms with van der Waals surface area (Å²) in [4.78, 5) is 73.5. The van der Waals surface area contributed by atoms with Crippen molar-refractivity contribution >= 4 is 39.5 Å². The van der Waals surface area contributed by atoms with Crippen molar-refractivity contribution in [3.63, 3.8) is 0 Å². The van der Waals surface area contributed by atoms with Gasteiger partial charge in [-0.15, -0.1) is 0 Å². The zero-order valence-corrected chi connectivity index (χ0v) is 77.7. The third-order valence-electron chi connectivity index (χ3n) is 23.1. The topological polar surface area (TPSA) is 237 Å². The number of esters is 4. The van der Waals surface area contributed by atoms with Crippen LogP contribution in [-0.2, 0) is 65.4 Å². The van der Waals surface area contributed by atoms with Gasteiger partial charge in [0.1, 0.15) is 19.3 Å². The molecule has 0 rings (SSSR count). The van der Waals surface area contributed by atoms with Crippen LogP contribution >= 0.6 is 15.6 Å². The lowest BCUT2D eigenvalue weighted by molar-refractivity contribution is -0.161. The Morgan fingerprint density at radius 1 is 0.243 bits per heavy atom. The van der Waals surface area contributed by atoms with Crippen molar-refractivity contribution < 1.29 is 80.2 Å². The first-order valence-electron chi connectivity index (χ1n) is 49.7. The van der Waals surface area contributed by atoms with E-state index >= 15 is 0 Å². The molecule has 3 N–H and O–H groups in total. The van der Waals surface area contributed by atoms with Gasteiger partial charge in [0.25, 0.3) is 0 Å². The monoisotopic (exact) mass is 1680 g/mol. The van der Waals surface area contributed by atoms with Gasteiger partial charge >= 0.3 is 39.5 Å². The highest BCUT2D eigenvalue weighted by Crippen LogP contribution is 2.45. The summed E-state index contributed by atoms with van der Waals surface area (Å²) in [5.74, 6) is -1.22. The number of aliphatic hydroxyl groups excluding tert-OH is 1. The van der Waals surface area contributed by atoms with Gasteiger partial charge in [-0.05, 0) is 31.6 Å². The predicted molar refractivity (Wildman–Crippen MR) is 479 cm³/mol. The van der Waals surface area contributed by atoms with Gasteiger partial charge in [0.05, 0.1) is 26.4 Å². The summed E-state index contributed by atoms with van der Waals surface area (Å²) in [5, 5.41) is 10.7. The summed E-state index contributed by atoms with van der Waals surface area (Å²) in [5.41, 5.74) is 0. The molecular weight excluding hydrogens is 1490 g/mol. The molecule has 0 radical (unpaired) electrons. The third kappa shape index (κ3) is 88.2. The van der Waals surface area contributed by atoms with Crippen LogP contribution in [0.25, 0.3) is 0 Å². The smallest absolute Gasteiger partial charge is 0.462 e. The first kappa shape index (κ1) is 113. The van der Waals surface area contributed by atoms with Gasteiger partial charge in [-0.25, -0.2) is 9.13 Å². The molecule has 0 saturated heterocycles. The largest absolute Gasteiger partial charge is 0.472 e. The highest BCUT2D eigenvalue weighted by molar-refractivity contribution is 7.47. The van der Waals surface area contributed by atoms with E-state index in [4.69, 9.17) is 37.0 Å². The fraction of sp³-hybridized carbons (Fsp3) is 0.958. The van der Waals surface area contributed by atoms with E-state index in [1.165, 1.54) is 353 Å². The fourth-order valence-electron chi connectivity index (χ4n) is 15.2. The molecule has 0 heterocycles. The predicted octanol–water partition coefficient (Wildman–Crippen LogP) is 30.3. The molecule has 0 aromatic rings. The van der Waals surface area contributed by atoms with Gasteiger partial charge in [0.2, 0.25) is 0 Å². The number of hydrogen-bond acceptors (Lipinski definition) is 15. The Labute approximate surface area is 708 Å². The van der Waals surface area contributed by atoms with Gasteiger partial charge in [-0.2, -0.15) is 0 Å². The third-order valence-corrected chi connectivity index (χ3v) is 25.0. The van der Waals surface area contributed by atoms with E-state index in [9.17, 15) is 43.2 Å². The maximum Gasteiger partial charge on any atom is 0.472 e. The van der Waals surface area contributed by atoms with Crippen molar-refractivity contribution in [2.75, 3.05) is 39.6 Å². The van der Waals surface area contributed by atoms with Gasteiger partial charge in [-0.3, -0.25) is 37.3 Å². The number of carbonyl (C=O) groups excluding carboxylic acids is 4. The number of rotatable bonds is 96. The Morgan fingerprint density at radius 2 is 0.417 bits per heavy atom. The van der Waals surface area contributed by atoms with Crippen molar-refractivity contribution in [3.8, 4) is 0 Å². The molecule has 17 nitrogen and oxygen atoms in total. The van der Waals surface area contributed by atoms with Crippen molar-refractivity contribution in [1.82, 2.24) is 0 Å². The maximum atomic E-state index is 13.2. The maximum absolute atomic E-state index is 13.2. The average Bonchev–Trinajstić information content (AvgIpc) is 0.897. The number of hydrogen-bond donors (Lipinski definition) is 3. The fourth-order valence-corrected chi connectivity index (χ4v) is 16.8. The van der Waals surface area contributed by atoms with E-state index in [1.807, 2.05) is 0 Å². The van der Waals surface area contributed by atoms with Gasteiger partial charge < -0.3 is 33.8 Å². The summed E-state index contributed by atoms with van der Waals surface area (Å²) in [6.07, 6.45) is 86.5. The van der Waals surface area contributed by atoms with E-state index in [1.54, 1.807) is 0 Å². The number of carbonyl (C=O) groups is 4. The van der Waals surface area contributed by atoms with Crippen LogP contribution in [0.1, 0.15) is 529 Å². The summed E-state index contributed by atoms with van der Waals surface area (Å²) < 4.78 is 69.1. The molecule has 19 heteroatoms. The molecule has 0 amide bonds. The van der Waals surface area contributed by atoms with E-state index in [-0.39, 0.29) is 25.7 Å². The minimum atomic E-state index is -4.97. The molecule has 0 fully saturated rings. The van der Waals surface area contributed by atoms with E-state index in [0.29, 0.717) is 25.7 Å². The first-order chi connectivity index (χ1) is 56.1. The van der Waals surface area contributed by atoms with Crippen molar-refractivity contribution in [3.05, 3.63) is 0 Å². The molecule has 0 aliphatic rings. The minimum Gasteiger partial charge on any atom is -0.462 e. The summed E-state index contributed by atoms with van der Waals surface area (Å²) >= 11 is 0. The van der Waals surface area contributed by atoms with Crippen LogP contribution in [0, 0.1) is 5.92 Å². The molecule has 0 aliphatic carbocycles. The minimum absolute atomic E-state index is 0.110. The van der Waals surface area contributed by atoms with Crippen molar-refractivity contribution in [2.45, 2.75) is 547 Å². The Balaban J connectivity index is 5.17. The van der Waals surface area contributed by atoms with E-state index in [0.717, 1.165) is 95.8 Å². The van der Waals surface area contributed by atoms with Crippen LogP contribution in [0.15, 0.2) is 0 Å². The molecule has 0 saturated carbocycles. The van der Waals surface area contributed by atoms with Gasteiger partial charge in [0.15, 0.2) is 12.2 Å². The zero-order valence-electron chi connectivity index (χ0n) is 76.0. The molecule has 0 aromatic carbocycles. The van der Waals surface area contributed by atoms with Crippen LogP contribution in [0.5, 0.6) is 0 Å². The molecule has 0 aromatic heterocycles. The molecule has 0 bridgehead atoms. The van der Waals surface area contributed by atoms with E-state index in [2.05, 4.69) is 34.6 Å². The Morgan fingerprint density at radius 3 is 0.617 bits per heavy atom. The standard InChI is InChI=1S/C96H188O17P2/c1-6-10-13-16-19-22-24-26-28-30-32-34-36-38-43-47-51-55-60-65-70-75-80-94(99)107-86-92(113-96(101)82-77-72-67-62-57-53-49-45-41-40-42-46-50-54-59-63-68-73-78-89(5)9-4)88-111-115(104,105)109-84-90(97)83-108-114(102,103)110-87-91(85-106-93(98)79-74-69-64-58-21-18-15-12-8-3)112-95(100)81-76-71-66-61-56-52-48-44-39-37-35-33-31-29-27-25-23-20-17-14-11-7-2/h89-92,97H,6-88H2,1-5H3,(H,102,103)(H,104,105)/t89?,90-,91+,92+/m0/s1. The summed E-state index contributed by atoms with van der Waals surface area (Å²) in [6.45, 7) is 7.47. The number of unbranched alkanes of at least 4 members (excludes halogenated alkanes) is 67. The van der Waals surface area contributed by atoms with Crippen LogP contribution in [0.4, 0.5) is 0 Å². The molecule has 115 heavy (non-hydrogen) atoms. The SMILES string of the molecule is CCCCCCCCCCCCCCCCCCCCCCCCC(=O)OC[C@H](COP(=O)(O)OC[C@@H](O)COP(=O)(O)OC[C@@H](COC(=O)CCCCCCCCCCC)OC(=O)CCCCCCCCCCCCCCCCCCCCCCCC)OC(=O)CCCCCCCCCCCCCCCCCCCCC(C)CC. The Hall–Kier alpha value is -1.94. The second-order valence-electron chi connectivity index (χ2n) is 34.7. The Bertz CT molecular complexity index is 2170. The lowest BCUT2D eigenvalue weighted by Crippen LogP contribution is -2.30. The van der Waals surface area contributed by atoms with Crippen LogP contribution in [-0.4, -0.2) is 96.7 Å². The van der Waals surface area contributed by atoms with Crippen molar-refractivity contribution in [2.24, 2.45) is 5.92 Å². The van der Waals surface area contributed by atoms with Gasteiger partial charge in [0, 0.05) is 25.7 Å². The van der Waals surface area contributed by atoms with Crippen molar-refractivity contribution in [1.29, 1.82) is 0 Å². The van der Waals surface area contributed by atoms with E-state index < -0.39 is 97.5 Å². The van der Waals surface area contributed by atoms with Crippen LogP contribution < -0.4 is 0 Å². The second-order valence-corrected chi connectivity index (χ2v) is 37.6. The molecular formula is C96H188O17P2. The number of ether oxygens (including phenoxy) is 4. The number of aliphatic hydroxyl groups is 1. The average molecular weight is 1680 g/mol. The first-order valence-corrected chi connectivity index (χ1v) is 52.7. The quantitative estimate of drug-likeness (QED) is 0.0222. The summed E-state index contributed by atoms with van der Waals surface area (Å²) in [7, 11) is -9.94. The normalized spacial score (nSPS) is 13.8. The lowest BCUT2D eigenvalue weighted by Gasteiger charge is -2.21. The molecule has 0 aliphatic heterocycles. The highest BCUT2D eigenvalue weighted by Gasteiger charge is 2.31. The number of phosphoric ester groups is 2. The van der Waals surface area contributed by atoms with Gasteiger partial charge in [-0.1, -0.05) is 478 Å². The molecule has 6 atom stereocenters.